The summed E-state index contributed by atoms with van der Waals surface area (Å²) in [6, 6.07) is 14.7. The van der Waals surface area contributed by atoms with Crippen LogP contribution in [0.25, 0.3) is 6.08 Å². The molecule has 7 heteroatoms. The summed E-state index contributed by atoms with van der Waals surface area (Å²) in [5, 5.41) is 2.65. The summed E-state index contributed by atoms with van der Waals surface area (Å²) < 4.78 is 5.15. The molecule has 6 nitrogen and oxygen atoms in total. The van der Waals surface area contributed by atoms with E-state index in [4.69, 9.17) is 17.0 Å². The van der Waals surface area contributed by atoms with Gasteiger partial charge < -0.3 is 9.64 Å². The van der Waals surface area contributed by atoms with Gasteiger partial charge in [0.15, 0.2) is 5.11 Å². The molecule has 29 heavy (non-hydrogen) atoms. The second-order valence-corrected chi connectivity index (χ2v) is 6.81. The van der Waals surface area contributed by atoms with Crippen molar-refractivity contribution in [3.8, 4) is 5.75 Å². The molecule has 2 aromatic carbocycles. The third-order valence-corrected chi connectivity index (χ3v) is 5.05. The maximum Gasteiger partial charge on any atom is 0.270 e. The fourth-order valence-corrected chi connectivity index (χ4v) is 3.44. The Balaban J connectivity index is 1.90. The number of thiocarbonyl (C=S) groups is 1. The van der Waals surface area contributed by atoms with Gasteiger partial charge in [-0.05, 0) is 74.1 Å². The number of hydrogen-bond acceptors (Lipinski definition) is 5. The maximum atomic E-state index is 13.0. The van der Waals surface area contributed by atoms with Gasteiger partial charge in [-0.25, -0.2) is 0 Å². The number of anilines is 2. The number of hydrogen-bond donors (Lipinski definition) is 1. The highest BCUT2D eigenvalue weighted by Gasteiger charge is 2.34. The predicted octanol–water partition coefficient (Wildman–Crippen LogP) is 3.37. The zero-order chi connectivity index (χ0) is 21.0. The van der Waals surface area contributed by atoms with Crippen LogP contribution < -0.4 is 19.9 Å². The van der Waals surface area contributed by atoms with Gasteiger partial charge in [0.05, 0.1) is 12.8 Å². The van der Waals surface area contributed by atoms with Gasteiger partial charge >= 0.3 is 0 Å². The van der Waals surface area contributed by atoms with Crippen LogP contribution in [0.3, 0.4) is 0 Å². The molecule has 0 saturated carbocycles. The lowest BCUT2D eigenvalue weighted by Gasteiger charge is -2.29. The second kappa shape index (κ2) is 8.87. The van der Waals surface area contributed by atoms with Crippen LogP contribution in [0, 0.1) is 0 Å². The zero-order valence-corrected chi connectivity index (χ0v) is 17.5. The van der Waals surface area contributed by atoms with Gasteiger partial charge in [-0.1, -0.05) is 12.1 Å². The first-order valence-corrected chi connectivity index (χ1v) is 9.79. The third kappa shape index (κ3) is 4.30. The normalized spacial score (nSPS) is 15.5. The minimum atomic E-state index is -0.502. The number of methoxy groups -OCH3 is 1. The van der Waals surface area contributed by atoms with Crippen molar-refractivity contribution in [1.29, 1.82) is 0 Å². The molecule has 3 rings (SSSR count). The molecule has 0 spiro atoms. The molecule has 1 heterocycles. The highest BCUT2D eigenvalue weighted by Crippen LogP contribution is 2.25. The minimum absolute atomic E-state index is 0.0324. The molecule has 0 atom stereocenters. The smallest absolute Gasteiger partial charge is 0.270 e. The van der Waals surface area contributed by atoms with Gasteiger partial charge in [-0.15, -0.1) is 0 Å². The lowest BCUT2D eigenvalue weighted by molar-refractivity contribution is -0.122. The minimum Gasteiger partial charge on any atom is -0.497 e. The molecular formula is C22H23N3O3S. The maximum absolute atomic E-state index is 13.0. The summed E-state index contributed by atoms with van der Waals surface area (Å²) in [6.45, 7) is 6.01. The molecule has 150 valence electrons. The van der Waals surface area contributed by atoms with Gasteiger partial charge in [0.1, 0.15) is 11.3 Å². The van der Waals surface area contributed by atoms with Crippen molar-refractivity contribution in [3.05, 3.63) is 59.7 Å². The number of rotatable bonds is 6. The molecule has 1 N–H and O–H groups in total. The monoisotopic (exact) mass is 409 g/mol. The quantitative estimate of drug-likeness (QED) is 0.450. The first kappa shape index (κ1) is 20.5. The number of ether oxygens (including phenoxy) is 1. The summed E-state index contributed by atoms with van der Waals surface area (Å²) in [5.74, 6) is -0.300. The Bertz CT molecular complexity index is 948. The largest absolute Gasteiger partial charge is 0.497 e. The molecule has 1 aliphatic heterocycles. The molecule has 1 aliphatic rings. The van der Waals surface area contributed by atoms with Crippen LogP contribution in [0.4, 0.5) is 11.4 Å². The Hall–Kier alpha value is -3.19. The predicted molar refractivity (Wildman–Crippen MR) is 119 cm³/mol. The van der Waals surface area contributed by atoms with E-state index in [2.05, 4.69) is 24.1 Å². The Morgan fingerprint density at radius 3 is 2.21 bits per heavy atom. The third-order valence-electron chi connectivity index (χ3n) is 4.76. The molecular weight excluding hydrogens is 386 g/mol. The van der Waals surface area contributed by atoms with Crippen molar-refractivity contribution in [1.82, 2.24) is 5.32 Å². The topological polar surface area (TPSA) is 61.9 Å². The first-order valence-electron chi connectivity index (χ1n) is 9.39. The molecule has 2 aromatic rings. The molecule has 0 bridgehead atoms. The number of nitrogens with zero attached hydrogens (tertiary/aromatic N) is 2. The van der Waals surface area contributed by atoms with E-state index in [1.54, 1.807) is 37.5 Å². The van der Waals surface area contributed by atoms with Crippen molar-refractivity contribution < 1.29 is 14.3 Å². The van der Waals surface area contributed by atoms with Crippen LogP contribution >= 0.6 is 12.2 Å². The van der Waals surface area contributed by atoms with E-state index in [0.29, 0.717) is 11.4 Å². The highest BCUT2D eigenvalue weighted by atomic mass is 32.1. The molecule has 0 aliphatic carbocycles. The molecule has 1 saturated heterocycles. The van der Waals surface area contributed by atoms with Crippen molar-refractivity contribution in [2.24, 2.45) is 0 Å². The van der Waals surface area contributed by atoms with Gasteiger partial charge in [0, 0.05) is 18.8 Å². The zero-order valence-electron chi connectivity index (χ0n) is 16.6. The Kier molecular flexibility index (Phi) is 6.29. The molecule has 0 aromatic heterocycles. The summed E-state index contributed by atoms with van der Waals surface area (Å²) in [4.78, 5) is 29.0. The van der Waals surface area contributed by atoms with Crippen molar-refractivity contribution >= 4 is 46.6 Å². The van der Waals surface area contributed by atoms with E-state index in [9.17, 15) is 9.59 Å². The van der Waals surface area contributed by atoms with Crippen molar-refractivity contribution in [2.45, 2.75) is 13.8 Å². The molecule has 1 fully saturated rings. The van der Waals surface area contributed by atoms with E-state index < -0.39 is 11.8 Å². The van der Waals surface area contributed by atoms with Crippen molar-refractivity contribution in [2.75, 3.05) is 30.0 Å². The molecule has 0 radical (unpaired) electrons. The molecule has 0 unspecified atom stereocenters. The average Bonchev–Trinajstić information content (AvgIpc) is 2.73. The summed E-state index contributed by atoms with van der Waals surface area (Å²) >= 11 is 5.22. The lowest BCUT2D eigenvalue weighted by atomic mass is 10.1. The van der Waals surface area contributed by atoms with E-state index >= 15 is 0 Å². The van der Waals surface area contributed by atoms with Crippen LogP contribution in [0.15, 0.2) is 54.1 Å². The Morgan fingerprint density at radius 2 is 1.66 bits per heavy atom. The SMILES string of the molecule is CCN(CC)c1ccc(/C=C2/C(=O)NC(=S)N(c3ccc(OC)cc3)C2=O)cc1. The number of benzene rings is 2. The van der Waals surface area contributed by atoms with Crippen LogP contribution in [0.1, 0.15) is 19.4 Å². The lowest BCUT2D eigenvalue weighted by Crippen LogP contribution is -2.54. The van der Waals surface area contributed by atoms with Gasteiger partial charge in [-0.3, -0.25) is 19.8 Å². The summed E-state index contributed by atoms with van der Waals surface area (Å²) in [7, 11) is 1.57. The van der Waals surface area contributed by atoms with Gasteiger partial charge in [0.25, 0.3) is 11.8 Å². The first-order chi connectivity index (χ1) is 14.0. The standard InChI is InChI=1S/C22H23N3O3S/c1-4-24(5-2)16-8-6-15(7-9-16)14-19-20(26)23-22(29)25(21(19)27)17-10-12-18(28-3)13-11-17/h6-14H,4-5H2,1-3H3,(H,23,26,29)/b19-14-. The number of nitrogens with one attached hydrogen (secondary N) is 1. The fraction of sp³-hybridized carbons (Fsp3) is 0.227. The van der Waals surface area contributed by atoms with Crippen LogP contribution in [-0.4, -0.2) is 37.1 Å². The van der Waals surface area contributed by atoms with E-state index in [0.717, 1.165) is 24.3 Å². The van der Waals surface area contributed by atoms with Crippen LogP contribution in [0.5, 0.6) is 5.75 Å². The van der Waals surface area contributed by atoms with Crippen molar-refractivity contribution in [3.63, 3.8) is 0 Å². The van der Waals surface area contributed by atoms with E-state index in [-0.39, 0.29) is 10.7 Å². The molecule has 2 amide bonds. The van der Waals surface area contributed by atoms with Gasteiger partial charge in [-0.2, -0.15) is 0 Å². The van der Waals surface area contributed by atoms with E-state index in [1.165, 1.54) is 4.90 Å². The Labute approximate surface area is 175 Å². The Morgan fingerprint density at radius 1 is 1.03 bits per heavy atom. The number of carbonyl (C=O) groups excluding carboxylic acids is 2. The summed E-state index contributed by atoms with van der Waals surface area (Å²) in [6.07, 6.45) is 1.59. The van der Waals surface area contributed by atoms with Crippen LogP contribution in [-0.2, 0) is 9.59 Å². The summed E-state index contributed by atoms with van der Waals surface area (Å²) in [5.41, 5.74) is 2.45. The van der Waals surface area contributed by atoms with Gasteiger partial charge in [0.2, 0.25) is 0 Å². The number of amides is 2. The highest BCUT2D eigenvalue weighted by molar-refractivity contribution is 7.80. The fourth-order valence-electron chi connectivity index (χ4n) is 3.16. The van der Waals surface area contributed by atoms with Crippen LogP contribution in [0.2, 0.25) is 0 Å². The van der Waals surface area contributed by atoms with E-state index in [1.807, 2.05) is 24.3 Å². The average molecular weight is 410 g/mol. The second-order valence-electron chi connectivity index (χ2n) is 6.42. The number of carbonyl (C=O) groups is 2.